The van der Waals surface area contributed by atoms with Gasteiger partial charge in [-0.15, -0.1) is 0 Å². The maximum Gasteiger partial charge on any atom is 0.0707 e. The van der Waals surface area contributed by atoms with Crippen LogP contribution in [-0.2, 0) is 11.2 Å². The van der Waals surface area contributed by atoms with E-state index in [1.54, 1.807) is 0 Å². The van der Waals surface area contributed by atoms with Crippen LogP contribution < -0.4 is 5.32 Å². The Balaban J connectivity index is 1.59. The molecule has 102 valence electrons. The van der Waals surface area contributed by atoms with Crippen LogP contribution in [-0.4, -0.2) is 43.3 Å². The zero-order chi connectivity index (χ0) is 12.8. The first kappa shape index (κ1) is 11.9. The van der Waals surface area contributed by atoms with Crippen LogP contribution >= 0.6 is 0 Å². The lowest BCUT2D eigenvalue weighted by molar-refractivity contribution is -0.0558. The molecule has 2 saturated heterocycles. The Morgan fingerprint density at radius 1 is 1.16 bits per heavy atom. The molecule has 1 aromatic carbocycles. The number of hydrogen-bond donors (Lipinski definition) is 1. The van der Waals surface area contributed by atoms with Gasteiger partial charge in [0, 0.05) is 25.2 Å². The van der Waals surface area contributed by atoms with E-state index in [-0.39, 0.29) is 0 Å². The molecule has 3 aliphatic rings. The minimum absolute atomic E-state index is 0.480. The average Bonchev–Trinajstić information content (AvgIpc) is 2.98. The third kappa shape index (κ3) is 1.92. The van der Waals surface area contributed by atoms with Crippen LogP contribution in [0.1, 0.15) is 30.0 Å². The summed E-state index contributed by atoms with van der Waals surface area (Å²) < 4.78 is 5.97. The Labute approximate surface area is 114 Å². The molecule has 2 fully saturated rings. The van der Waals surface area contributed by atoms with Crippen molar-refractivity contribution >= 4 is 0 Å². The number of benzene rings is 1. The van der Waals surface area contributed by atoms with E-state index >= 15 is 0 Å². The fourth-order valence-corrected chi connectivity index (χ4v) is 4.18. The molecular formula is C16H22N2O. The lowest BCUT2D eigenvalue weighted by Crippen LogP contribution is -2.51. The molecule has 4 atom stereocenters. The first-order valence-corrected chi connectivity index (χ1v) is 7.49. The first-order valence-electron chi connectivity index (χ1n) is 7.49. The van der Waals surface area contributed by atoms with E-state index in [0.29, 0.717) is 24.3 Å². The molecule has 1 aromatic rings. The third-order valence-electron chi connectivity index (χ3n) is 5.06. The number of nitrogens with zero attached hydrogens (tertiary/aromatic N) is 1. The SMILES string of the molecule is CNC1c2ccccc2CC1N1CC2CCC(C1)O2. The molecular weight excluding hydrogens is 236 g/mol. The summed E-state index contributed by atoms with van der Waals surface area (Å²) in [4.78, 5) is 2.67. The monoisotopic (exact) mass is 258 g/mol. The highest BCUT2D eigenvalue weighted by molar-refractivity contribution is 5.37. The van der Waals surface area contributed by atoms with Gasteiger partial charge >= 0.3 is 0 Å². The molecule has 0 aromatic heterocycles. The van der Waals surface area contributed by atoms with E-state index in [2.05, 4.69) is 41.5 Å². The summed E-state index contributed by atoms with van der Waals surface area (Å²) >= 11 is 0. The molecule has 3 heteroatoms. The smallest absolute Gasteiger partial charge is 0.0707 e. The molecule has 0 amide bonds. The van der Waals surface area contributed by atoms with E-state index in [4.69, 9.17) is 4.74 Å². The quantitative estimate of drug-likeness (QED) is 0.874. The Morgan fingerprint density at radius 3 is 2.63 bits per heavy atom. The number of rotatable bonds is 2. The Bertz CT molecular complexity index is 464. The number of morpholine rings is 1. The summed E-state index contributed by atoms with van der Waals surface area (Å²) in [6.45, 7) is 2.24. The van der Waals surface area contributed by atoms with E-state index in [1.807, 2.05) is 0 Å². The van der Waals surface area contributed by atoms with Crippen LogP contribution in [0.5, 0.6) is 0 Å². The minimum Gasteiger partial charge on any atom is -0.372 e. The van der Waals surface area contributed by atoms with Crippen LogP contribution in [0.4, 0.5) is 0 Å². The molecule has 4 rings (SSSR count). The zero-order valence-corrected chi connectivity index (χ0v) is 11.5. The van der Waals surface area contributed by atoms with Crippen molar-refractivity contribution in [1.29, 1.82) is 0 Å². The van der Waals surface area contributed by atoms with Gasteiger partial charge in [-0.25, -0.2) is 0 Å². The topological polar surface area (TPSA) is 24.5 Å². The number of fused-ring (bicyclic) bond motifs is 3. The maximum atomic E-state index is 5.97. The van der Waals surface area contributed by atoms with Gasteiger partial charge in [0.1, 0.15) is 0 Å². The van der Waals surface area contributed by atoms with Gasteiger partial charge in [0.2, 0.25) is 0 Å². The summed E-state index contributed by atoms with van der Waals surface area (Å²) in [5, 5.41) is 3.54. The zero-order valence-electron chi connectivity index (χ0n) is 11.5. The second-order valence-electron chi connectivity index (χ2n) is 6.15. The predicted molar refractivity (Wildman–Crippen MR) is 75.2 cm³/mol. The summed E-state index contributed by atoms with van der Waals surface area (Å²) in [6.07, 6.45) is 4.66. The molecule has 2 bridgehead atoms. The second kappa shape index (κ2) is 4.58. The lowest BCUT2D eigenvalue weighted by Gasteiger charge is -2.39. The van der Waals surface area contributed by atoms with Crippen LogP contribution in [0.25, 0.3) is 0 Å². The van der Waals surface area contributed by atoms with Gasteiger partial charge < -0.3 is 10.1 Å². The molecule has 2 heterocycles. The Morgan fingerprint density at radius 2 is 1.89 bits per heavy atom. The van der Waals surface area contributed by atoms with Crippen molar-refractivity contribution in [3.8, 4) is 0 Å². The van der Waals surface area contributed by atoms with E-state index in [9.17, 15) is 0 Å². The van der Waals surface area contributed by atoms with Crippen LogP contribution in [0.15, 0.2) is 24.3 Å². The third-order valence-corrected chi connectivity index (χ3v) is 5.06. The summed E-state index contributed by atoms with van der Waals surface area (Å²) in [6, 6.07) is 9.98. The van der Waals surface area contributed by atoms with Crippen molar-refractivity contribution in [1.82, 2.24) is 10.2 Å². The molecule has 0 saturated carbocycles. The highest BCUT2D eigenvalue weighted by Gasteiger charge is 2.41. The highest BCUT2D eigenvalue weighted by atomic mass is 16.5. The molecule has 19 heavy (non-hydrogen) atoms. The van der Waals surface area contributed by atoms with Crippen LogP contribution in [0.2, 0.25) is 0 Å². The molecule has 2 aliphatic heterocycles. The molecule has 0 radical (unpaired) electrons. The van der Waals surface area contributed by atoms with Gasteiger partial charge in [0.25, 0.3) is 0 Å². The van der Waals surface area contributed by atoms with E-state index in [1.165, 1.54) is 30.4 Å². The largest absolute Gasteiger partial charge is 0.372 e. The number of hydrogen-bond acceptors (Lipinski definition) is 3. The fraction of sp³-hybridized carbons (Fsp3) is 0.625. The van der Waals surface area contributed by atoms with Crippen molar-refractivity contribution in [2.75, 3.05) is 20.1 Å². The van der Waals surface area contributed by atoms with Gasteiger partial charge in [-0.1, -0.05) is 24.3 Å². The van der Waals surface area contributed by atoms with E-state index in [0.717, 1.165) is 13.1 Å². The molecule has 4 unspecified atom stereocenters. The molecule has 3 nitrogen and oxygen atoms in total. The number of ether oxygens (including phenoxy) is 1. The standard InChI is InChI=1S/C16H22N2O/c1-17-16-14-5-3-2-4-11(14)8-15(16)18-9-12-6-7-13(10-18)19-12/h2-5,12-13,15-17H,6-10H2,1H3. The van der Waals surface area contributed by atoms with Gasteiger partial charge in [-0.2, -0.15) is 0 Å². The Kier molecular flexibility index (Phi) is 2.87. The average molecular weight is 258 g/mol. The maximum absolute atomic E-state index is 5.97. The van der Waals surface area contributed by atoms with Crippen LogP contribution in [0.3, 0.4) is 0 Å². The highest BCUT2D eigenvalue weighted by Crippen LogP contribution is 2.37. The summed E-state index contributed by atoms with van der Waals surface area (Å²) in [5.74, 6) is 0. The van der Waals surface area contributed by atoms with Crippen molar-refractivity contribution < 1.29 is 4.74 Å². The van der Waals surface area contributed by atoms with Crippen molar-refractivity contribution in [2.24, 2.45) is 0 Å². The molecule has 1 aliphatic carbocycles. The summed E-state index contributed by atoms with van der Waals surface area (Å²) in [7, 11) is 2.09. The van der Waals surface area contributed by atoms with Gasteiger partial charge in [0.15, 0.2) is 0 Å². The number of likely N-dealkylation sites (N-methyl/N-ethyl adjacent to an activating group) is 1. The Hall–Kier alpha value is -0.900. The normalized spacial score (nSPS) is 37.5. The lowest BCUT2D eigenvalue weighted by atomic mass is 10.1. The van der Waals surface area contributed by atoms with Crippen molar-refractivity contribution in [3.63, 3.8) is 0 Å². The fourth-order valence-electron chi connectivity index (χ4n) is 4.18. The van der Waals surface area contributed by atoms with Crippen LogP contribution in [0, 0.1) is 0 Å². The predicted octanol–water partition coefficient (Wildman–Crippen LogP) is 1.73. The van der Waals surface area contributed by atoms with Crippen molar-refractivity contribution in [2.45, 2.75) is 43.6 Å². The van der Waals surface area contributed by atoms with Gasteiger partial charge in [-0.05, 0) is 37.4 Å². The van der Waals surface area contributed by atoms with Gasteiger partial charge in [0.05, 0.1) is 12.2 Å². The second-order valence-corrected chi connectivity index (χ2v) is 6.15. The van der Waals surface area contributed by atoms with E-state index < -0.39 is 0 Å². The van der Waals surface area contributed by atoms with Crippen molar-refractivity contribution in [3.05, 3.63) is 35.4 Å². The number of nitrogens with one attached hydrogen (secondary N) is 1. The molecule has 1 N–H and O–H groups in total. The number of likely N-dealkylation sites (tertiary alicyclic amines) is 1. The summed E-state index contributed by atoms with van der Waals surface area (Å²) in [5.41, 5.74) is 3.01. The molecule has 0 spiro atoms. The minimum atomic E-state index is 0.480. The van der Waals surface area contributed by atoms with Gasteiger partial charge in [-0.3, -0.25) is 4.90 Å². The first-order chi connectivity index (χ1) is 9.35.